The second-order valence-electron chi connectivity index (χ2n) is 1.14. The summed E-state index contributed by atoms with van der Waals surface area (Å²) in [5.41, 5.74) is 0. The Balaban J connectivity index is 0. The Bertz CT molecular complexity index is 105. The van der Waals surface area contributed by atoms with Crippen LogP contribution in [-0.2, 0) is 4.57 Å². The molecule has 56 valence electrons. The summed E-state index contributed by atoms with van der Waals surface area (Å²) in [5.74, 6) is 0. The van der Waals surface area contributed by atoms with Crippen molar-refractivity contribution in [2.24, 2.45) is 0 Å². The summed E-state index contributed by atoms with van der Waals surface area (Å²) in [4.78, 5) is 16.1. The van der Waals surface area contributed by atoms with Crippen LogP contribution in [0, 0.1) is 0 Å². The molecule has 4 nitrogen and oxygen atoms in total. The van der Waals surface area contributed by atoms with Crippen molar-refractivity contribution < 1.29 is 19.5 Å². The molecule has 0 aromatic rings. The lowest BCUT2D eigenvalue weighted by Gasteiger charge is -1.94. The molecule has 0 aliphatic rings. The quantitative estimate of drug-likeness (QED) is 0.385. The zero-order chi connectivity index (χ0) is 7.91. The van der Waals surface area contributed by atoms with Crippen LogP contribution in [0.3, 0.4) is 0 Å². The first-order valence-corrected chi connectivity index (χ1v) is 3.96. The Morgan fingerprint density at radius 1 is 1.56 bits per heavy atom. The van der Waals surface area contributed by atoms with E-state index in [2.05, 4.69) is 6.58 Å². The van der Waals surface area contributed by atoms with E-state index in [-0.39, 0.29) is 6.16 Å². The highest BCUT2D eigenvalue weighted by Crippen LogP contribution is 2.33. The first-order chi connectivity index (χ1) is 4.06. The highest BCUT2D eigenvalue weighted by atomic mass is 31.2. The standard InChI is InChI=1S/C3H7O3P.CH4O/c1-2-3-7(4,5)6;1-2/h2H,1,3H2,(H2,4,5,6);2H,1H3. The minimum atomic E-state index is -3.78. The van der Waals surface area contributed by atoms with Crippen LogP contribution in [0.15, 0.2) is 12.7 Å². The van der Waals surface area contributed by atoms with Crippen LogP contribution in [0.4, 0.5) is 0 Å². The van der Waals surface area contributed by atoms with Gasteiger partial charge in [-0.05, 0) is 0 Å². The molecule has 0 saturated carbocycles. The lowest BCUT2D eigenvalue weighted by atomic mass is 10.8. The van der Waals surface area contributed by atoms with Crippen molar-refractivity contribution in [2.45, 2.75) is 0 Å². The Kier molecular flexibility index (Phi) is 7.72. The molecule has 3 N–H and O–H groups in total. The van der Waals surface area contributed by atoms with Crippen molar-refractivity contribution in [3.05, 3.63) is 12.7 Å². The van der Waals surface area contributed by atoms with Crippen molar-refractivity contribution in [3.63, 3.8) is 0 Å². The van der Waals surface area contributed by atoms with Gasteiger partial charge < -0.3 is 14.9 Å². The van der Waals surface area contributed by atoms with Gasteiger partial charge in [-0.2, -0.15) is 0 Å². The molecule has 0 aliphatic carbocycles. The molecule has 0 radical (unpaired) electrons. The van der Waals surface area contributed by atoms with Gasteiger partial charge >= 0.3 is 7.60 Å². The van der Waals surface area contributed by atoms with Gasteiger partial charge in [0.15, 0.2) is 0 Å². The van der Waals surface area contributed by atoms with E-state index < -0.39 is 7.60 Å². The molecule has 0 bridgehead atoms. The molecule has 0 aromatic carbocycles. The monoisotopic (exact) mass is 154 g/mol. The highest BCUT2D eigenvalue weighted by Gasteiger charge is 2.06. The van der Waals surface area contributed by atoms with Gasteiger partial charge in [-0.25, -0.2) is 0 Å². The predicted octanol–water partition coefficient (Wildman–Crippen LogP) is -0.0414. The Morgan fingerprint density at radius 3 is 1.89 bits per heavy atom. The van der Waals surface area contributed by atoms with Gasteiger partial charge in [-0.1, -0.05) is 6.08 Å². The van der Waals surface area contributed by atoms with Crippen LogP contribution >= 0.6 is 7.60 Å². The number of rotatable bonds is 2. The second kappa shape index (κ2) is 5.98. The SMILES string of the molecule is C=CCP(=O)(O)O.CO. The third-order valence-electron chi connectivity index (χ3n) is 0.367. The van der Waals surface area contributed by atoms with Crippen molar-refractivity contribution in [2.75, 3.05) is 13.3 Å². The summed E-state index contributed by atoms with van der Waals surface area (Å²) in [6.45, 7) is 3.15. The molecule has 0 aromatic heterocycles. The van der Waals surface area contributed by atoms with Crippen LogP contribution in [0.25, 0.3) is 0 Å². The summed E-state index contributed by atoms with van der Waals surface area (Å²) in [6, 6.07) is 0. The maximum atomic E-state index is 9.85. The van der Waals surface area contributed by atoms with Gasteiger partial charge in [0.2, 0.25) is 0 Å². The maximum absolute atomic E-state index is 9.85. The van der Waals surface area contributed by atoms with Crippen molar-refractivity contribution >= 4 is 7.60 Å². The fraction of sp³-hybridized carbons (Fsp3) is 0.500. The number of allylic oxidation sites excluding steroid dienone is 1. The molecule has 0 heterocycles. The predicted molar refractivity (Wildman–Crippen MR) is 35.3 cm³/mol. The topological polar surface area (TPSA) is 77.8 Å². The fourth-order valence-corrected chi connectivity index (χ4v) is 0.505. The van der Waals surface area contributed by atoms with Gasteiger partial charge in [0.1, 0.15) is 0 Å². The third kappa shape index (κ3) is 18.1. The average molecular weight is 154 g/mol. The molecule has 0 saturated heterocycles. The van der Waals surface area contributed by atoms with Gasteiger partial charge in [-0.15, -0.1) is 6.58 Å². The smallest absolute Gasteiger partial charge is 0.329 e. The van der Waals surface area contributed by atoms with Crippen molar-refractivity contribution in [1.82, 2.24) is 0 Å². The molecule has 0 aliphatic heterocycles. The number of aliphatic hydroxyl groups is 1. The third-order valence-corrected chi connectivity index (χ3v) is 1.10. The van der Waals surface area contributed by atoms with E-state index in [4.69, 9.17) is 14.9 Å². The van der Waals surface area contributed by atoms with Gasteiger partial charge in [-0.3, -0.25) is 4.57 Å². The molecule has 0 spiro atoms. The van der Waals surface area contributed by atoms with Crippen LogP contribution in [-0.4, -0.2) is 28.2 Å². The normalized spacial score (nSPS) is 9.33. The van der Waals surface area contributed by atoms with E-state index in [1.54, 1.807) is 0 Å². The molecular formula is C4H11O4P. The van der Waals surface area contributed by atoms with E-state index in [0.717, 1.165) is 7.11 Å². The number of hydrogen-bond donors (Lipinski definition) is 3. The Labute approximate surface area is 54.0 Å². The molecule has 0 amide bonds. The van der Waals surface area contributed by atoms with E-state index in [1.165, 1.54) is 6.08 Å². The molecule has 5 heteroatoms. The summed E-state index contributed by atoms with van der Waals surface area (Å²) in [6.07, 6.45) is 0.966. The lowest BCUT2D eigenvalue weighted by Crippen LogP contribution is -1.78. The summed E-state index contributed by atoms with van der Waals surface area (Å²) in [5, 5.41) is 7.00. The van der Waals surface area contributed by atoms with Gasteiger partial charge in [0, 0.05) is 7.11 Å². The largest absolute Gasteiger partial charge is 0.400 e. The molecule has 0 unspecified atom stereocenters. The first-order valence-electron chi connectivity index (χ1n) is 2.16. The second-order valence-corrected chi connectivity index (χ2v) is 2.83. The molecular weight excluding hydrogens is 143 g/mol. The Morgan fingerprint density at radius 2 is 1.89 bits per heavy atom. The minimum Gasteiger partial charge on any atom is -0.400 e. The highest BCUT2D eigenvalue weighted by molar-refractivity contribution is 7.51. The molecule has 9 heavy (non-hydrogen) atoms. The average Bonchev–Trinajstić information content (AvgIpc) is 1.69. The zero-order valence-electron chi connectivity index (χ0n) is 5.19. The lowest BCUT2D eigenvalue weighted by molar-refractivity contribution is 0.377. The van der Waals surface area contributed by atoms with Crippen LogP contribution in [0.5, 0.6) is 0 Å². The van der Waals surface area contributed by atoms with E-state index in [9.17, 15) is 4.57 Å². The fourth-order valence-electron chi connectivity index (χ4n) is 0.168. The summed E-state index contributed by atoms with van der Waals surface area (Å²) < 4.78 is 9.85. The summed E-state index contributed by atoms with van der Waals surface area (Å²) in [7, 11) is -2.78. The number of hydrogen-bond acceptors (Lipinski definition) is 2. The van der Waals surface area contributed by atoms with E-state index in [1.807, 2.05) is 0 Å². The van der Waals surface area contributed by atoms with Crippen LogP contribution in [0.2, 0.25) is 0 Å². The minimum absolute atomic E-state index is 0.229. The molecule has 0 fully saturated rings. The van der Waals surface area contributed by atoms with Crippen molar-refractivity contribution in [3.8, 4) is 0 Å². The Hall–Kier alpha value is -0.150. The number of aliphatic hydroxyl groups excluding tert-OH is 1. The molecule has 0 rings (SSSR count). The first kappa shape index (κ1) is 11.6. The van der Waals surface area contributed by atoms with E-state index >= 15 is 0 Å². The van der Waals surface area contributed by atoms with Gasteiger partial charge in [0.05, 0.1) is 6.16 Å². The summed E-state index contributed by atoms with van der Waals surface area (Å²) >= 11 is 0. The van der Waals surface area contributed by atoms with E-state index in [0.29, 0.717) is 0 Å². The van der Waals surface area contributed by atoms with Crippen LogP contribution in [0.1, 0.15) is 0 Å². The maximum Gasteiger partial charge on any atom is 0.329 e. The van der Waals surface area contributed by atoms with Gasteiger partial charge in [0.25, 0.3) is 0 Å². The van der Waals surface area contributed by atoms with Crippen molar-refractivity contribution in [1.29, 1.82) is 0 Å². The molecule has 0 atom stereocenters. The zero-order valence-corrected chi connectivity index (χ0v) is 6.08. The van der Waals surface area contributed by atoms with Crippen LogP contribution < -0.4 is 0 Å².